The van der Waals surface area contributed by atoms with Gasteiger partial charge in [0.2, 0.25) is 0 Å². The minimum Gasteiger partial charge on any atom is -0.351 e. The molecule has 116 valence electrons. The predicted octanol–water partition coefficient (Wildman–Crippen LogP) is 4.05. The summed E-state index contributed by atoms with van der Waals surface area (Å²) < 4.78 is 0. The first-order valence-electron chi connectivity index (χ1n) is 8.40. The second kappa shape index (κ2) is 5.03. The van der Waals surface area contributed by atoms with Gasteiger partial charge in [0, 0.05) is 18.0 Å². The number of aryl methyl sites for hydroxylation is 3. The van der Waals surface area contributed by atoms with Crippen molar-refractivity contribution in [3.63, 3.8) is 0 Å². The maximum atomic E-state index is 4.87. The molecule has 5 rings (SSSR count). The first kappa shape index (κ1) is 13.5. The van der Waals surface area contributed by atoms with Gasteiger partial charge in [0.25, 0.3) is 0 Å². The van der Waals surface area contributed by atoms with Crippen molar-refractivity contribution >= 4 is 27.4 Å². The van der Waals surface area contributed by atoms with Gasteiger partial charge in [0.15, 0.2) is 0 Å². The molecule has 3 aromatic rings. The number of anilines is 1. The van der Waals surface area contributed by atoms with Gasteiger partial charge in [-0.1, -0.05) is 24.3 Å². The van der Waals surface area contributed by atoms with Gasteiger partial charge in [-0.3, -0.25) is 0 Å². The zero-order chi connectivity index (χ0) is 15.4. The lowest BCUT2D eigenvalue weighted by atomic mass is 9.99. The van der Waals surface area contributed by atoms with Crippen molar-refractivity contribution in [1.29, 1.82) is 0 Å². The van der Waals surface area contributed by atoms with E-state index >= 15 is 0 Å². The van der Waals surface area contributed by atoms with Crippen LogP contribution in [-0.4, -0.2) is 16.5 Å². The van der Waals surface area contributed by atoms with E-state index in [-0.39, 0.29) is 0 Å². The smallest absolute Gasteiger partial charge is 0.141 e. The van der Waals surface area contributed by atoms with Crippen molar-refractivity contribution in [2.24, 2.45) is 0 Å². The molecule has 3 heterocycles. The van der Waals surface area contributed by atoms with Crippen LogP contribution in [0.4, 0.5) is 5.82 Å². The molecule has 1 aromatic carbocycles. The molecular formula is C19H19N3S. The molecule has 0 saturated heterocycles. The Morgan fingerprint density at radius 3 is 2.83 bits per heavy atom. The molecule has 4 heteroatoms. The van der Waals surface area contributed by atoms with E-state index < -0.39 is 0 Å². The molecule has 0 atom stereocenters. The third-order valence-corrected chi connectivity index (χ3v) is 6.27. The number of benzene rings is 1. The molecule has 0 spiro atoms. The highest BCUT2D eigenvalue weighted by Crippen LogP contribution is 2.41. The summed E-state index contributed by atoms with van der Waals surface area (Å²) >= 11 is 1.89. The number of hydrogen-bond acceptors (Lipinski definition) is 4. The number of fused-ring (bicyclic) bond motifs is 4. The van der Waals surface area contributed by atoms with E-state index in [1.54, 1.807) is 4.88 Å². The Morgan fingerprint density at radius 1 is 1.04 bits per heavy atom. The zero-order valence-corrected chi connectivity index (χ0v) is 14.1. The molecule has 0 saturated carbocycles. The number of rotatable bonds is 1. The Bertz CT molecular complexity index is 912. The van der Waals surface area contributed by atoms with E-state index in [4.69, 9.17) is 9.97 Å². The highest BCUT2D eigenvalue weighted by atomic mass is 32.1. The number of hydrogen-bond donors (Lipinski definition) is 0. The average molecular weight is 321 g/mol. The van der Waals surface area contributed by atoms with E-state index in [2.05, 4.69) is 29.2 Å². The number of aromatic nitrogens is 2. The lowest BCUT2D eigenvalue weighted by Crippen LogP contribution is -2.31. The summed E-state index contributed by atoms with van der Waals surface area (Å²) in [5.74, 6) is 2.06. The topological polar surface area (TPSA) is 29.0 Å². The SMILES string of the molecule is Cc1nc(N2CCc3ccccc3C2)c2c3c(sc2n1)CCC3. The van der Waals surface area contributed by atoms with Crippen LogP contribution in [-0.2, 0) is 25.8 Å². The first-order valence-corrected chi connectivity index (χ1v) is 9.22. The molecule has 23 heavy (non-hydrogen) atoms. The fourth-order valence-electron chi connectivity index (χ4n) is 3.99. The molecule has 0 fully saturated rings. The third-order valence-electron chi connectivity index (χ3n) is 5.09. The molecule has 0 amide bonds. The molecule has 3 nitrogen and oxygen atoms in total. The van der Waals surface area contributed by atoms with E-state index in [0.29, 0.717) is 0 Å². The summed E-state index contributed by atoms with van der Waals surface area (Å²) in [5.41, 5.74) is 4.45. The fourth-order valence-corrected chi connectivity index (χ4v) is 5.29. The van der Waals surface area contributed by atoms with Gasteiger partial charge in [0.05, 0.1) is 5.39 Å². The standard InChI is InChI=1S/C19H19N3S/c1-12-20-18(17-15-7-4-8-16(15)23-19(17)21-12)22-10-9-13-5-2-3-6-14(13)11-22/h2-3,5-6H,4,7-11H2,1H3. The van der Waals surface area contributed by atoms with Crippen molar-refractivity contribution in [3.8, 4) is 0 Å². The van der Waals surface area contributed by atoms with Gasteiger partial charge in [-0.15, -0.1) is 11.3 Å². The fraction of sp³-hybridized carbons (Fsp3) is 0.368. The quantitative estimate of drug-likeness (QED) is 0.677. The summed E-state index contributed by atoms with van der Waals surface area (Å²) in [6, 6.07) is 8.80. The minimum absolute atomic E-state index is 0.895. The van der Waals surface area contributed by atoms with Crippen LogP contribution < -0.4 is 4.90 Å². The lowest BCUT2D eigenvalue weighted by molar-refractivity contribution is 0.721. The van der Waals surface area contributed by atoms with Crippen LogP contribution in [0.1, 0.15) is 33.8 Å². The average Bonchev–Trinajstić information content (AvgIpc) is 3.14. The Labute approximate surface area is 140 Å². The van der Waals surface area contributed by atoms with Crippen LogP contribution in [0.3, 0.4) is 0 Å². The predicted molar refractivity (Wildman–Crippen MR) is 95.4 cm³/mol. The van der Waals surface area contributed by atoms with Crippen molar-refractivity contribution in [3.05, 3.63) is 51.7 Å². The van der Waals surface area contributed by atoms with E-state index in [9.17, 15) is 0 Å². The highest BCUT2D eigenvalue weighted by molar-refractivity contribution is 7.19. The van der Waals surface area contributed by atoms with Gasteiger partial charge in [-0.25, -0.2) is 9.97 Å². The lowest BCUT2D eigenvalue weighted by Gasteiger charge is -2.30. The molecule has 0 bridgehead atoms. The first-order chi connectivity index (χ1) is 11.3. The van der Waals surface area contributed by atoms with Crippen molar-refractivity contribution < 1.29 is 0 Å². The van der Waals surface area contributed by atoms with Crippen LogP contribution in [0.15, 0.2) is 24.3 Å². The largest absolute Gasteiger partial charge is 0.351 e. The Hall–Kier alpha value is -1.94. The molecule has 2 aliphatic rings. The zero-order valence-electron chi connectivity index (χ0n) is 13.3. The molecular weight excluding hydrogens is 302 g/mol. The van der Waals surface area contributed by atoms with Crippen LogP contribution in [0.2, 0.25) is 0 Å². The molecule has 0 unspecified atom stereocenters. The summed E-state index contributed by atoms with van der Waals surface area (Å²) in [6.45, 7) is 4.03. The second-order valence-corrected chi connectivity index (χ2v) is 7.66. The van der Waals surface area contributed by atoms with E-state index in [0.717, 1.165) is 25.3 Å². The van der Waals surface area contributed by atoms with Crippen LogP contribution in [0.5, 0.6) is 0 Å². The summed E-state index contributed by atoms with van der Waals surface area (Å²) in [6.07, 6.45) is 4.80. The highest BCUT2D eigenvalue weighted by Gasteiger charge is 2.26. The van der Waals surface area contributed by atoms with Crippen LogP contribution >= 0.6 is 11.3 Å². The Morgan fingerprint density at radius 2 is 1.91 bits per heavy atom. The van der Waals surface area contributed by atoms with Gasteiger partial charge in [-0.2, -0.15) is 0 Å². The van der Waals surface area contributed by atoms with Crippen molar-refractivity contribution in [2.75, 3.05) is 11.4 Å². The molecule has 0 N–H and O–H groups in total. The Balaban J connectivity index is 1.66. The second-order valence-electron chi connectivity index (χ2n) is 6.57. The maximum absolute atomic E-state index is 4.87. The molecule has 2 aromatic heterocycles. The van der Waals surface area contributed by atoms with Gasteiger partial charge in [-0.05, 0) is 49.3 Å². The van der Waals surface area contributed by atoms with Gasteiger partial charge < -0.3 is 4.90 Å². The van der Waals surface area contributed by atoms with Gasteiger partial charge >= 0.3 is 0 Å². The van der Waals surface area contributed by atoms with Crippen LogP contribution in [0, 0.1) is 6.92 Å². The third kappa shape index (κ3) is 2.08. The van der Waals surface area contributed by atoms with E-state index in [1.165, 1.54) is 52.0 Å². The van der Waals surface area contributed by atoms with Crippen molar-refractivity contribution in [2.45, 2.75) is 39.2 Å². The van der Waals surface area contributed by atoms with E-state index in [1.807, 2.05) is 18.3 Å². The monoisotopic (exact) mass is 321 g/mol. The molecule has 1 aliphatic carbocycles. The minimum atomic E-state index is 0.895. The summed E-state index contributed by atoms with van der Waals surface area (Å²) in [7, 11) is 0. The number of nitrogens with zero attached hydrogens (tertiary/aromatic N) is 3. The Kier molecular flexibility index (Phi) is 2.95. The summed E-state index contributed by atoms with van der Waals surface area (Å²) in [4.78, 5) is 14.8. The summed E-state index contributed by atoms with van der Waals surface area (Å²) in [5, 5.41) is 1.34. The van der Waals surface area contributed by atoms with Crippen LogP contribution in [0.25, 0.3) is 10.2 Å². The maximum Gasteiger partial charge on any atom is 0.141 e. The van der Waals surface area contributed by atoms with Gasteiger partial charge in [0.1, 0.15) is 16.5 Å². The number of thiophene rings is 1. The molecule has 0 radical (unpaired) electrons. The normalized spacial score (nSPS) is 16.7. The van der Waals surface area contributed by atoms with Crippen molar-refractivity contribution in [1.82, 2.24) is 9.97 Å². The molecule has 1 aliphatic heterocycles.